The van der Waals surface area contributed by atoms with Crippen LogP contribution in [-0.4, -0.2) is 10.7 Å². The number of ether oxygens (including phenoxy) is 1. The first-order valence-corrected chi connectivity index (χ1v) is 9.38. The molecule has 1 N–H and O–H groups in total. The van der Waals surface area contributed by atoms with Gasteiger partial charge in [0.25, 0.3) is 0 Å². The molecule has 0 amide bonds. The Morgan fingerprint density at radius 2 is 1.69 bits per heavy atom. The average molecular weight is 423 g/mol. The number of aliphatic imine (C=N–C) groups is 1. The van der Waals surface area contributed by atoms with Gasteiger partial charge in [-0.15, -0.1) is 0 Å². The van der Waals surface area contributed by atoms with Gasteiger partial charge in [-0.2, -0.15) is 0 Å². The zero-order chi connectivity index (χ0) is 17.9. The number of halogens is 1. The average Bonchev–Trinajstić information content (AvgIpc) is 2.81. The fourth-order valence-corrected chi connectivity index (χ4v) is 3.25. The van der Waals surface area contributed by atoms with E-state index >= 15 is 0 Å². The summed E-state index contributed by atoms with van der Waals surface area (Å²) in [5, 5.41) is 3.28. The van der Waals surface area contributed by atoms with E-state index in [1.54, 1.807) is 0 Å². The van der Waals surface area contributed by atoms with Crippen molar-refractivity contribution in [2.45, 2.75) is 6.42 Å². The summed E-state index contributed by atoms with van der Waals surface area (Å²) in [6.07, 6.45) is 0.598. The van der Waals surface area contributed by atoms with Crippen LogP contribution in [0.4, 0.5) is 11.4 Å². The van der Waals surface area contributed by atoms with Crippen LogP contribution in [0.2, 0.25) is 0 Å². The minimum absolute atomic E-state index is 0.598. The van der Waals surface area contributed by atoms with Crippen molar-refractivity contribution >= 4 is 50.2 Å². The van der Waals surface area contributed by atoms with Crippen LogP contribution in [0.15, 0.2) is 82.3 Å². The van der Waals surface area contributed by atoms with E-state index in [0.717, 1.165) is 43.6 Å². The first-order valence-electron chi connectivity index (χ1n) is 8.18. The van der Waals surface area contributed by atoms with Gasteiger partial charge in [0.15, 0.2) is 0 Å². The van der Waals surface area contributed by atoms with Gasteiger partial charge >= 0.3 is 0 Å². The molecule has 5 heteroatoms. The Balaban J connectivity index is 1.71. The van der Waals surface area contributed by atoms with Crippen LogP contribution in [0.1, 0.15) is 12.0 Å². The molecule has 3 aromatic carbocycles. The summed E-state index contributed by atoms with van der Waals surface area (Å²) in [5.41, 5.74) is 3.70. The van der Waals surface area contributed by atoms with E-state index in [1.165, 1.54) is 0 Å². The van der Waals surface area contributed by atoms with Crippen LogP contribution in [0.3, 0.4) is 0 Å². The van der Waals surface area contributed by atoms with Gasteiger partial charge < -0.3 is 10.1 Å². The first kappa shape index (κ1) is 16.9. The predicted octanol–water partition coefficient (Wildman–Crippen LogP) is 6.51. The smallest absolute Gasteiger partial charge is 0.129 e. The highest BCUT2D eigenvalue weighted by molar-refractivity contribution is 9.10. The van der Waals surface area contributed by atoms with Crippen molar-refractivity contribution in [2.24, 2.45) is 4.99 Å². The molecule has 0 saturated heterocycles. The molecule has 0 radical (unpaired) electrons. The summed E-state index contributed by atoms with van der Waals surface area (Å²) in [7, 11) is 0. The third-order valence-electron chi connectivity index (χ3n) is 3.98. The number of anilines is 1. The molecule has 3 aromatic rings. The number of rotatable bonds is 3. The molecule has 1 heterocycles. The Bertz CT molecular complexity index is 985. The second-order valence-corrected chi connectivity index (χ2v) is 7.29. The lowest BCUT2D eigenvalue weighted by atomic mass is 10.1. The summed E-state index contributed by atoms with van der Waals surface area (Å²) in [6, 6.07) is 23.6. The van der Waals surface area contributed by atoms with Crippen molar-refractivity contribution in [3.63, 3.8) is 0 Å². The molecule has 0 unspecified atom stereocenters. The normalized spacial score (nSPS) is 13.3. The van der Waals surface area contributed by atoms with E-state index in [-0.39, 0.29) is 0 Å². The molecule has 1 aliphatic heterocycles. The standard InChI is InChI=1S/C21H15BrN2OS/c22-15-8-6-14(7-9-15)19-13-21(26)24-18-11-10-17(12-20(18)23-19)25-16-4-2-1-3-5-16/h1-12H,13H2,(H,24,26). The Labute approximate surface area is 165 Å². The summed E-state index contributed by atoms with van der Waals surface area (Å²) < 4.78 is 6.97. The SMILES string of the molecule is S=C1CC(c2ccc(Br)cc2)=Nc2cc(Oc3ccccc3)ccc2N1. The van der Waals surface area contributed by atoms with E-state index < -0.39 is 0 Å². The molecule has 0 fully saturated rings. The summed E-state index contributed by atoms with van der Waals surface area (Å²) in [5.74, 6) is 1.53. The first-order chi connectivity index (χ1) is 12.7. The zero-order valence-corrected chi connectivity index (χ0v) is 16.2. The van der Waals surface area contributed by atoms with Gasteiger partial charge in [0, 0.05) is 17.0 Å². The highest BCUT2D eigenvalue weighted by atomic mass is 79.9. The largest absolute Gasteiger partial charge is 0.457 e. The second-order valence-electron chi connectivity index (χ2n) is 5.88. The number of fused-ring (bicyclic) bond motifs is 1. The number of nitrogens with zero attached hydrogens (tertiary/aromatic N) is 1. The molecule has 3 nitrogen and oxygen atoms in total. The van der Waals surface area contributed by atoms with E-state index in [0.29, 0.717) is 6.42 Å². The number of hydrogen-bond donors (Lipinski definition) is 1. The maximum atomic E-state index is 5.93. The third-order valence-corrected chi connectivity index (χ3v) is 4.76. The molecule has 1 aliphatic rings. The van der Waals surface area contributed by atoms with Gasteiger partial charge in [0.05, 0.1) is 22.1 Å². The van der Waals surface area contributed by atoms with Gasteiger partial charge in [0.2, 0.25) is 0 Å². The lowest BCUT2D eigenvalue weighted by Crippen LogP contribution is -2.12. The maximum Gasteiger partial charge on any atom is 0.129 e. The highest BCUT2D eigenvalue weighted by Gasteiger charge is 2.15. The van der Waals surface area contributed by atoms with Gasteiger partial charge in [-0.25, -0.2) is 0 Å². The monoisotopic (exact) mass is 422 g/mol. The number of benzene rings is 3. The van der Waals surface area contributed by atoms with Gasteiger partial charge in [-0.1, -0.05) is 58.5 Å². The molecule has 26 heavy (non-hydrogen) atoms. The number of hydrogen-bond acceptors (Lipinski definition) is 3. The minimum Gasteiger partial charge on any atom is -0.457 e. The Morgan fingerprint density at radius 3 is 2.46 bits per heavy atom. The Kier molecular flexibility index (Phi) is 4.82. The van der Waals surface area contributed by atoms with Crippen LogP contribution in [0.25, 0.3) is 0 Å². The molecule has 128 valence electrons. The molecule has 0 aliphatic carbocycles. The van der Waals surface area contributed by atoms with Crippen molar-refractivity contribution in [3.8, 4) is 11.5 Å². The van der Waals surface area contributed by atoms with E-state index in [9.17, 15) is 0 Å². The van der Waals surface area contributed by atoms with Crippen LogP contribution >= 0.6 is 28.1 Å². The number of thiocarbonyl (C=S) groups is 1. The molecule has 0 spiro atoms. The van der Waals surface area contributed by atoms with Crippen LogP contribution in [-0.2, 0) is 0 Å². The topological polar surface area (TPSA) is 33.6 Å². The van der Waals surface area contributed by atoms with Crippen molar-refractivity contribution in [2.75, 3.05) is 5.32 Å². The molecule has 0 aromatic heterocycles. The number of para-hydroxylation sites is 1. The lowest BCUT2D eigenvalue weighted by molar-refractivity contribution is 0.483. The van der Waals surface area contributed by atoms with E-state index in [1.807, 2.05) is 72.8 Å². The Morgan fingerprint density at radius 1 is 0.923 bits per heavy atom. The van der Waals surface area contributed by atoms with Crippen LogP contribution in [0, 0.1) is 0 Å². The minimum atomic E-state index is 0.598. The van der Waals surface area contributed by atoms with Crippen molar-refractivity contribution < 1.29 is 4.74 Å². The fourth-order valence-electron chi connectivity index (χ4n) is 2.74. The molecule has 0 atom stereocenters. The molecule has 0 saturated carbocycles. The van der Waals surface area contributed by atoms with Crippen molar-refractivity contribution in [1.29, 1.82) is 0 Å². The second kappa shape index (κ2) is 7.40. The third kappa shape index (κ3) is 3.84. The fraction of sp³-hybridized carbons (Fsp3) is 0.0476. The van der Waals surface area contributed by atoms with Crippen LogP contribution < -0.4 is 10.1 Å². The number of nitrogens with one attached hydrogen (secondary N) is 1. The van der Waals surface area contributed by atoms with Crippen LogP contribution in [0.5, 0.6) is 11.5 Å². The van der Waals surface area contributed by atoms with Gasteiger partial charge in [0.1, 0.15) is 11.5 Å². The quantitative estimate of drug-likeness (QED) is 0.488. The zero-order valence-electron chi connectivity index (χ0n) is 13.8. The highest BCUT2D eigenvalue weighted by Crippen LogP contribution is 2.34. The van der Waals surface area contributed by atoms with Crippen molar-refractivity contribution in [3.05, 3.63) is 82.8 Å². The Hall–Kier alpha value is -2.50. The maximum absolute atomic E-state index is 5.93. The van der Waals surface area contributed by atoms with E-state index in [2.05, 4.69) is 21.2 Å². The predicted molar refractivity (Wildman–Crippen MR) is 114 cm³/mol. The van der Waals surface area contributed by atoms with E-state index in [4.69, 9.17) is 21.9 Å². The lowest BCUT2D eigenvalue weighted by Gasteiger charge is -2.09. The summed E-state index contributed by atoms with van der Waals surface area (Å²) >= 11 is 8.95. The molecular formula is C21H15BrN2OS. The van der Waals surface area contributed by atoms with Crippen molar-refractivity contribution in [1.82, 2.24) is 0 Å². The molecule has 4 rings (SSSR count). The van der Waals surface area contributed by atoms with Gasteiger partial charge in [-0.3, -0.25) is 4.99 Å². The molecule has 0 bridgehead atoms. The van der Waals surface area contributed by atoms with Gasteiger partial charge in [-0.05, 0) is 42.0 Å². The summed E-state index contributed by atoms with van der Waals surface area (Å²) in [4.78, 5) is 5.62. The summed E-state index contributed by atoms with van der Waals surface area (Å²) in [6.45, 7) is 0. The molecular weight excluding hydrogens is 408 g/mol.